The lowest BCUT2D eigenvalue weighted by atomic mass is 9.77. The van der Waals surface area contributed by atoms with Crippen molar-refractivity contribution in [2.24, 2.45) is 11.3 Å². The van der Waals surface area contributed by atoms with Crippen molar-refractivity contribution in [1.29, 1.82) is 0 Å². The number of piperidine rings is 1. The number of hydrogen-bond acceptors (Lipinski definition) is 4. The molecule has 1 unspecified atom stereocenters. The van der Waals surface area contributed by atoms with Gasteiger partial charge in [0.25, 0.3) is 5.91 Å². The first-order valence-electron chi connectivity index (χ1n) is 10.1. The highest BCUT2D eigenvalue weighted by atomic mass is 16.7. The Morgan fingerprint density at radius 1 is 1.19 bits per heavy atom. The number of ether oxygens (including phenoxy) is 1. The van der Waals surface area contributed by atoms with E-state index in [-0.39, 0.29) is 23.3 Å². The molecule has 0 aromatic rings. The van der Waals surface area contributed by atoms with Crippen LogP contribution in [0.15, 0.2) is 12.2 Å². The van der Waals surface area contributed by atoms with Crippen LogP contribution in [0.4, 0.5) is 0 Å². The van der Waals surface area contributed by atoms with Crippen molar-refractivity contribution in [2.75, 3.05) is 26.2 Å². The summed E-state index contributed by atoms with van der Waals surface area (Å²) in [4.78, 5) is 33.2. The Balaban J connectivity index is 1.36. The number of nitrogens with zero attached hydrogens (tertiary/aromatic N) is 2. The summed E-state index contributed by atoms with van der Waals surface area (Å²) >= 11 is 0. The standard InChI is InChI=1S/C20H30N2O4/c1-20(8-3-2-4-9-20)19(24)21-11-7-15-13-16(26-17(15)14-21)18(23)22-10-5-6-12-25-22/h2-3,15-17H,4-14H2,1H3/t15-,16-,17+,20?/m0/s1. The van der Waals surface area contributed by atoms with E-state index in [0.717, 1.165) is 51.5 Å². The highest BCUT2D eigenvalue weighted by Gasteiger charge is 2.46. The molecule has 3 saturated heterocycles. The van der Waals surface area contributed by atoms with Gasteiger partial charge in [0, 0.05) is 19.6 Å². The SMILES string of the molecule is CC1(C(=O)N2CC[C@H]3C[C@@H](C(=O)N4CCCCO4)O[C@@H]3C2)CC=CCC1. The highest BCUT2D eigenvalue weighted by Crippen LogP contribution is 2.38. The zero-order chi connectivity index (χ0) is 18.1. The van der Waals surface area contributed by atoms with Gasteiger partial charge in [0.2, 0.25) is 5.91 Å². The second-order valence-electron chi connectivity index (χ2n) is 8.45. The van der Waals surface area contributed by atoms with Gasteiger partial charge >= 0.3 is 0 Å². The molecule has 144 valence electrons. The number of amides is 2. The first-order valence-corrected chi connectivity index (χ1v) is 10.1. The molecule has 4 atom stereocenters. The van der Waals surface area contributed by atoms with Gasteiger partial charge in [-0.1, -0.05) is 19.1 Å². The van der Waals surface area contributed by atoms with Gasteiger partial charge in [0.05, 0.1) is 18.1 Å². The summed E-state index contributed by atoms with van der Waals surface area (Å²) < 4.78 is 6.10. The van der Waals surface area contributed by atoms with Gasteiger partial charge in [0.1, 0.15) is 6.10 Å². The Kier molecular flexibility index (Phi) is 5.06. The number of hydrogen-bond donors (Lipinski definition) is 0. The first kappa shape index (κ1) is 18.0. The van der Waals surface area contributed by atoms with Crippen LogP contribution in [0, 0.1) is 11.3 Å². The largest absolute Gasteiger partial charge is 0.363 e. The van der Waals surface area contributed by atoms with Crippen LogP contribution in [0.2, 0.25) is 0 Å². The van der Waals surface area contributed by atoms with Crippen LogP contribution in [0.3, 0.4) is 0 Å². The van der Waals surface area contributed by atoms with Crippen LogP contribution < -0.4 is 0 Å². The fraction of sp³-hybridized carbons (Fsp3) is 0.800. The predicted molar refractivity (Wildman–Crippen MR) is 96.0 cm³/mol. The average molecular weight is 362 g/mol. The summed E-state index contributed by atoms with van der Waals surface area (Å²) in [6.45, 7) is 4.75. The maximum absolute atomic E-state index is 13.1. The van der Waals surface area contributed by atoms with Crippen molar-refractivity contribution in [3.05, 3.63) is 12.2 Å². The normalized spacial score (nSPS) is 37.5. The zero-order valence-corrected chi connectivity index (χ0v) is 15.7. The number of carbonyl (C=O) groups excluding carboxylic acids is 2. The van der Waals surface area contributed by atoms with E-state index >= 15 is 0 Å². The van der Waals surface area contributed by atoms with Crippen LogP contribution in [0.5, 0.6) is 0 Å². The summed E-state index contributed by atoms with van der Waals surface area (Å²) in [6, 6.07) is 0. The summed E-state index contributed by atoms with van der Waals surface area (Å²) in [5, 5.41) is 1.49. The van der Waals surface area contributed by atoms with E-state index in [0.29, 0.717) is 25.6 Å². The molecule has 0 aromatic carbocycles. The summed E-state index contributed by atoms with van der Waals surface area (Å²) in [5.74, 6) is 0.580. The van der Waals surface area contributed by atoms with E-state index in [2.05, 4.69) is 19.1 Å². The van der Waals surface area contributed by atoms with Gasteiger partial charge in [-0.25, -0.2) is 5.06 Å². The van der Waals surface area contributed by atoms with Gasteiger partial charge in [-0.3, -0.25) is 14.4 Å². The minimum atomic E-state index is -0.411. The number of carbonyl (C=O) groups is 2. The molecule has 6 heteroatoms. The van der Waals surface area contributed by atoms with Crippen molar-refractivity contribution in [1.82, 2.24) is 9.96 Å². The van der Waals surface area contributed by atoms with E-state index in [9.17, 15) is 9.59 Å². The molecule has 0 bridgehead atoms. The van der Waals surface area contributed by atoms with E-state index < -0.39 is 6.10 Å². The molecule has 2 amide bonds. The predicted octanol–water partition coefficient (Wildman–Crippen LogP) is 2.29. The van der Waals surface area contributed by atoms with Crippen LogP contribution in [-0.4, -0.2) is 60.2 Å². The quantitative estimate of drug-likeness (QED) is 0.707. The summed E-state index contributed by atoms with van der Waals surface area (Å²) in [5.41, 5.74) is -0.281. The number of rotatable bonds is 2. The van der Waals surface area contributed by atoms with Crippen LogP contribution in [0.1, 0.15) is 51.9 Å². The van der Waals surface area contributed by atoms with Gasteiger partial charge in [-0.15, -0.1) is 0 Å². The Morgan fingerprint density at radius 3 is 2.81 bits per heavy atom. The maximum Gasteiger partial charge on any atom is 0.275 e. The van der Waals surface area contributed by atoms with E-state index in [1.165, 1.54) is 5.06 Å². The number of likely N-dealkylation sites (tertiary alicyclic amines) is 1. The third kappa shape index (κ3) is 3.41. The third-order valence-corrected chi connectivity index (χ3v) is 6.48. The zero-order valence-electron chi connectivity index (χ0n) is 15.7. The van der Waals surface area contributed by atoms with Gasteiger partial charge in [-0.2, -0.15) is 0 Å². The lowest BCUT2D eigenvalue weighted by Crippen LogP contribution is -2.50. The Labute approximate surface area is 155 Å². The van der Waals surface area contributed by atoms with Crippen molar-refractivity contribution < 1.29 is 19.2 Å². The van der Waals surface area contributed by atoms with E-state index in [1.807, 2.05) is 4.90 Å². The molecule has 0 radical (unpaired) electrons. The fourth-order valence-corrected chi connectivity index (χ4v) is 4.75. The molecule has 0 N–H and O–H groups in total. The molecule has 1 aliphatic carbocycles. The molecule has 4 rings (SSSR count). The second kappa shape index (κ2) is 7.31. The summed E-state index contributed by atoms with van der Waals surface area (Å²) in [6.07, 6.45) is 10.3. The highest BCUT2D eigenvalue weighted by molar-refractivity contribution is 5.83. The minimum absolute atomic E-state index is 0.0193. The molecule has 3 heterocycles. The van der Waals surface area contributed by atoms with E-state index in [1.54, 1.807) is 0 Å². The first-order chi connectivity index (χ1) is 12.6. The Hall–Kier alpha value is -1.40. The smallest absolute Gasteiger partial charge is 0.275 e. The molecule has 6 nitrogen and oxygen atoms in total. The third-order valence-electron chi connectivity index (χ3n) is 6.48. The lowest BCUT2D eigenvalue weighted by Gasteiger charge is -2.40. The van der Waals surface area contributed by atoms with Crippen molar-refractivity contribution in [2.45, 2.75) is 64.1 Å². The minimum Gasteiger partial charge on any atom is -0.363 e. The molecule has 0 aromatic heterocycles. The summed E-state index contributed by atoms with van der Waals surface area (Å²) in [7, 11) is 0. The number of hydroxylamine groups is 2. The molecule has 0 saturated carbocycles. The Morgan fingerprint density at radius 2 is 2.08 bits per heavy atom. The van der Waals surface area contributed by atoms with Crippen LogP contribution in [-0.2, 0) is 19.2 Å². The van der Waals surface area contributed by atoms with Gasteiger partial charge in [-0.05, 0) is 50.9 Å². The van der Waals surface area contributed by atoms with Crippen molar-refractivity contribution in [3.8, 4) is 0 Å². The molecular weight excluding hydrogens is 332 g/mol. The Bertz CT molecular complexity index is 586. The number of fused-ring (bicyclic) bond motifs is 1. The molecular formula is C20H30N2O4. The van der Waals surface area contributed by atoms with Gasteiger partial charge in [0.15, 0.2) is 0 Å². The average Bonchev–Trinajstić information content (AvgIpc) is 3.11. The molecule has 26 heavy (non-hydrogen) atoms. The molecule has 4 aliphatic rings. The number of allylic oxidation sites excluding steroid dienone is 2. The van der Waals surface area contributed by atoms with Crippen LogP contribution in [0.25, 0.3) is 0 Å². The monoisotopic (exact) mass is 362 g/mol. The van der Waals surface area contributed by atoms with E-state index in [4.69, 9.17) is 9.57 Å². The lowest BCUT2D eigenvalue weighted by molar-refractivity contribution is -0.206. The van der Waals surface area contributed by atoms with Crippen molar-refractivity contribution in [3.63, 3.8) is 0 Å². The topological polar surface area (TPSA) is 59.1 Å². The maximum atomic E-state index is 13.1. The molecule has 3 fully saturated rings. The fourth-order valence-electron chi connectivity index (χ4n) is 4.75. The molecule has 0 spiro atoms. The van der Waals surface area contributed by atoms with Crippen molar-refractivity contribution >= 4 is 11.8 Å². The van der Waals surface area contributed by atoms with Gasteiger partial charge < -0.3 is 9.64 Å². The van der Waals surface area contributed by atoms with Crippen LogP contribution >= 0.6 is 0 Å². The molecule has 3 aliphatic heterocycles. The second-order valence-corrected chi connectivity index (χ2v) is 8.45.